The molecule has 1 aromatic rings. The Bertz CT molecular complexity index is 299. The van der Waals surface area contributed by atoms with Crippen molar-refractivity contribution >= 4 is 0 Å². The van der Waals surface area contributed by atoms with Gasteiger partial charge in [0.05, 0.1) is 18.3 Å². The molecule has 1 aliphatic heterocycles. The van der Waals surface area contributed by atoms with Crippen LogP contribution in [0.4, 0.5) is 0 Å². The van der Waals surface area contributed by atoms with Crippen LogP contribution in [0.1, 0.15) is 24.7 Å². The lowest BCUT2D eigenvalue weighted by molar-refractivity contribution is -0.0226. The number of nitrogens with zero attached hydrogens (tertiary/aromatic N) is 1. The van der Waals surface area contributed by atoms with Crippen molar-refractivity contribution in [2.75, 3.05) is 6.61 Å². The number of hydrogen-bond donors (Lipinski definition) is 0. The lowest BCUT2D eigenvalue weighted by Gasteiger charge is -2.25. The molecule has 0 aromatic carbocycles. The third-order valence-corrected chi connectivity index (χ3v) is 2.31. The highest BCUT2D eigenvalue weighted by Crippen LogP contribution is 2.33. The molecule has 0 aliphatic carbocycles. The first-order valence-electron chi connectivity index (χ1n) is 4.46. The molecule has 0 saturated carbocycles. The highest BCUT2D eigenvalue weighted by atomic mass is 16.5. The lowest BCUT2D eigenvalue weighted by Crippen LogP contribution is -2.20. The van der Waals surface area contributed by atoms with Gasteiger partial charge in [0.15, 0.2) is 0 Å². The lowest BCUT2D eigenvalue weighted by atomic mass is 9.94. The van der Waals surface area contributed by atoms with Crippen LogP contribution in [-0.4, -0.2) is 6.61 Å². The molecule has 1 aromatic heterocycles. The van der Waals surface area contributed by atoms with Gasteiger partial charge in [0.1, 0.15) is 11.9 Å². The van der Waals surface area contributed by atoms with Gasteiger partial charge in [-0.05, 0) is 25.0 Å². The van der Waals surface area contributed by atoms with Gasteiger partial charge in [-0.25, -0.2) is 0 Å². The fourth-order valence-corrected chi connectivity index (χ4v) is 1.65. The van der Waals surface area contributed by atoms with E-state index in [0.29, 0.717) is 0 Å². The zero-order valence-corrected chi connectivity index (χ0v) is 7.27. The van der Waals surface area contributed by atoms with E-state index in [1.165, 1.54) is 0 Å². The van der Waals surface area contributed by atoms with Crippen LogP contribution in [-0.2, 0) is 4.74 Å². The number of rotatable bonds is 1. The van der Waals surface area contributed by atoms with Gasteiger partial charge in [0.2, 0.25) is 0 Å². The molecule has 3 nitrogen and oxygen atoms in total. The van der Waals surface area contributed by atoms with Gasteiger partial charge in [0, 0.05) is 6.61 Å². The number of hydrogen-bond acceptors (Lipinski definition) is 3. The van der Waals surface area contributed by atoms with Gasteiger partial charge in [-0.2, -0.15) is 5.26 Å². The van der Waals surface area contributed by atoms with Crippen molar-refractivity contribution in [3.63, 3.8) is 0 Å². The van der Waals surface area contributed by atoms with Gasteiger partial charge in [-0.3, -0.25) is 0 Å². The maximum Gasteiger partial charge on any atom is 0.133 e. The monoisotopic (exact) mass is 177 g/mol. The van der Waals surface area contributed by atoms with Gasteiger partial charge < -0.3 is 9.15 Å². The Labute approximate surface area is 76.9 Å². The Morgan fingerprint density at radius 3 is 3.15 bits per heavy atom. The summed E-state index contributed by atoms with van der Waals surface area (Å²) >= 11 is 0. The summed E-state index contributed by atoms with van der Waals surface area (Å²) in [5, 5.41) is 8.89. The highest BCUT2D eigenvalue weighted by molar-refractivity contribution is 5.08. The van der Waals surface area contributed by atoms with E-state index in [9.17, 15) is 0 Å². The molecule has 0 bridgehead atoms. The standard InChI is InChI=1S/C10H11NO2/c11-7-8-3-1-6-13-10(8)9-4-2-5-12-9/h2,4-5,8,10H,1,3,6H2. The molecule has 2 rings (SSSR count). The van der Waals surface area contributed by atoms with Crippen molar-refractivity contribution in [2.24, 2.45) is 5.92 Å². The summed E-state index contributed by atoms with van der Waals surface area (Å²) in [6.07, 6.45) is 3.33. The van der Waals surface area contributed by atoms with Crippen LogP contribution in [0.15, 0.2) is 22.8 Å². The summed E-state index contributed by atoms with van der Waals surface area (Å²) in [6.45, 7) is 0.726. The third-order valence-electron chi connectivity index (χ3n) is 2.31. The molecule has 13 heavy (non-hydrogen) atoms. The number of furan rings is 1. The largest absolute Gasteiger partial charge is 0.467 e. The molecule has 3 heteroatoms. The quantitative estimate of drug-likeness (QED) is 0.661. The fourth-order valence-electron chi connectivity index (χ4n) is 1.65. The highest BCUT2D eigenvalue weighted by Gasteiger charge is 2.29. The van der Waals surface area contributed by atoms with E-state index in [4.69, 9.17) is 14.4 Å². The second-order valence-electron chi connectivity index (χ2n) is 3.18. The normalized spacial score (nSPS) is 28.2. The van der Waals surface area contributed by atoms with Gasteiger partial charge in [-0.1, -0.05) is 0 Å². The summed E-state index contributed by atoms with van der Waals surface area (Å²) in [6, 6.07) is 5.94. The molecule has 0 amide bonds. The minimum Gasteiger partial charge on any atom is -0.467 e. The second kappa shape index (κ2) is 3.63. The molecular weight excluding hydrogens is 166 g/mol. The molecule has 2 heterocycles. The van der Waals surface area contributed by atoms with Crippen LogP contribution in [0.3, 0.4) is 0 Å². The van der Waals surface area contributed by atoms with Crippen molar-refractivity contribution in [1.82, 2.24) is 0 Å². The SMILES string of the molecule is N#CC1CCCOC1c1ccco1. The molecule has 2 unspecified atom stereocenters. The van der Waals surface area contributed by atoms with Crippen LogP contribution in [0.25, 0.3) is 0 Å². The molecular formula is C10H11NO2. The Hall–Kier alpha value is -1.27. The summed E-state index contributed by atoms with van der Waals surface area (Å²) in [5.74, 6) is 0.714. The first-order valence-corrected chi connectivity index (χ1v) is 4.46. The maximum absolute atomic E-state index is 8.89. The maximum atomic E-state index is 8.89. The van der Waals surface area contributed by atoms with Crippen LogP contribution >= 0.6 is 0 Å². The van der Waals surface area contributed by atoms with Crippen molar-refractivity contribution in [1.29, 1.82) is 5.26 Å². The topological polar surface area (TPSA) is 46.2 Å². The molecule has 0 N–H and O–H groups in total. The fraction of sp³-hybridized carbons (Fsp3) is 0.500. The Morgan fingerprint density at radius 1 is 1.54 bits per heavy atom. The van der Waals surface area contributed by atoms with Gasteiger partial charge in [-0.15, -0.1) is 0 Å². The summed E-state index contributed by atoms with van der Waals surface area (Å²) < 4.78 is 10.7. The van der Waals surface area contributed by atoms with Crippen molar-refractivity contribution in [2.45, 2.75) is 18.9 Å². The first-order chi connectivity index (χ1) is 6.42. The first kappa shape index (κ1) is 8.33. The minimum atomic E-state index is -0.159. The minimum absolute atomic E-state index is 0.0556. The average molecular weight is 177 g/mol. The van der Waals surface area contributed by atoms with Crippen molar-refractivity contribution in [3.8, 4) is 6.07 Å². The van der Waals surface area contributed by atoms with Gasteiger partial charge in [0.25, 0.3) is 0 Å². The molecule has 0 spiro atoms. The molecule has 1 aliphatic rings. The second-order valence-corrected chi connectivity index (χ2v) is 3.18. The zero-order chi connectivity index (χ0) is 9.10. The molecule has 0 radical (unpaired) electrons. The average Bonchev–Trinajstić information content (AvgIpc) is 2.70. The Kier molecular flexibility index (Phi) is 2.33. The van der Waals surface area contributed by atoms with E-state index < -0.39 is 0 Å². The van der Waals surface area contributed by atoms with E-state index in [2.05, 4.69) is 6.07 Å². The number of ether oxygens (including phenoxy) is 1. The predicted octanol–water partition coefficient (Wildman–Crippen LogP) is 2.27. The third kappa shape index (κ3) is 1.58. The van der Waals surface area contributed by atoms with E-state index >= 15 is 0 Å². The Morgan fingerprint density at radius 2 is 2.46 bits per heavy atom. The smallest absolute Gasteiger partial charge is 0.133 e. The van der Waals surface area contributed by atoms with Crippen molar-refractivity contribution < 1.29 is 9.15 Å². The summed E-state index contributed by atoms with van der Waals surface area (Å²) in [7, 11) is 0. The van der Waals surface area contributed by atoms with Gasteiger partial charge >= 0.3 is 0 Å². The summed E-state index contributed by atoms with van der Waals surface area (Å²) in [4.78, 5) is 0. The molecule has 1 fully saturated rings. The van der Waals surface area contributed by atoms with Crippen LogP contribution in [0.5, 0.6) is 0 Å². The molecule has 68 valence electrons. The van der Waals surface area contributed by atoms with Crippen LogP contribution < -0.4 is 0 Å². The predicted molar refractivity (Wildman–Crippen MR) is 45.7 cm³/mol. The van der Waals surface area contributed by atoms with Crippen LogP contribution in [0, 0.1) is 17.2 Å². The molecule has 1 saturated heterocycles. The Balaban J connectivity index is 2.17. The zero-order valence-electron chi connectivity index (χ0n) is 7.27. The van der Waals surface area contributed by atoms with E-state index in [1.807, 2.05) is 12.1 Å². The van der Waals surface area contributed by atoms with Crippen molar-refractivity contribution in [3.05, 3.63) is 24.2 Å². The van der Waals surface area contributed by atoms with E-state index in [-0.39, 0.29) is 12.0 Å². The van der Waals surface area contributed by atoms with Crippen LogP contribution in [0.2, 0.25) is 0 Å². The summed E-state index contributed by atoms with van der Waals surface area (Å²) in [5.41, 5.74) is 0. The molecule has 2 atom stereocenters. The van der Waals surface area contributed by atoms with E-state index in [0.717, 1.165) is 25.2 Å². The number of nitriles is 1. The van der Waals surface area contributed by atoms with E-state index in [1.54, 1.807) is 6.26 Å².